The smallest absolute Gasteiger partial charge is 0.123 e. The van der Waals surface area contributed by atoms with Crippen molar-refractivity contribution in [1.82, 2.24) is 0 Å². The molecule has 0 aromatic heterocycles. The molecule has 0 atom stereocenters. The molecule has 0 unspecified atom stereocenters. The lowest BCUT2D eigenvalue weighted by atomic mass is 9.77. The SMILES string of the molecule is CC[C@H]1CC[C@H](c2ccc(-c3ccc(F)cc3)cc2)CC1. The number of rotatable bonds is 3. The van der Waals surface area contributed by atoms with Crippen molar-refractivity contribution in [3.8, 4) is 11.1 Å². The Balaban J connectivity index is 1.71. The van der Waals surface area contributed by atoms with E-state index in [0.29, 0.717) is 0 Å². The molecule has 110 valence electrons. The number of hydrogen-bond donors (Lipinski definition) is 0. The molecule has 1 aliphatic rings. The molecule has 3 rings (SSSR count). The number of hydrogen-bond acceptors (Lipinski definition) is 0. The van der Waals surface area contributed by atoms with E-state index in [0.717, 1.165) is 17.4 Å². The fourth-order valence-electron chi connectivity index (χ4n) is 3.49. The summed E-state index contributed by atoms with van der Waals surface area (Å²) in [5.41, 5.74) is 3.72. The standard InChI is InChI=1S/C20H23F/c1-2-15-3-5-16(6-4-15)17-7-9-18(10-8-17)19-11-13-20(21)14-12-19/h7-16H,2-6H2,1H3/t15-,16-. The molecule has 1 aliphatic carbocycles. The van der Waals surface area contributed by atoms with Crippen molar-refractivity contribution in [1.29, 1.82) is 0 Å². The van der Waals surface area contributed by atoms with Crippen LogP contribution in [0.5, 0.6) is 0 Å². The van der Waals surface area contributed by atoms with E-state index in [-0.39, 0.29) is 5.82 Å². The maximum atomic E-state index is 13.0. The van der Waals surface area contributed by atoms with Gasteiger partial charge in [-0.1, -0.05) is 49.7 Å². The normalized spacial score (nSPS) is 22.2. The molecular formula is C20H23F. The van der Waals surface area contributed by atoms with Gasteiger partial charge in [-0.2, -0.15) is 0 Å². The number of halogens is 1. The minimum atomic E-state index is -0.178. The Labute approximate surface area is 127 Å². The molecule has 0 spiro atoms. The molecule has 0 heterocycles. The largest absolute Gasteiger partial charge is 0.207 e. The summed E-state index contributed by atoms with van der Waals surface area (Å²) in [7, 11) is 0. The zero-order chi connectivity index (χ0) is 14.7. The Hall–Kier alpha value is -1.63. The minimum absolute atomic E-state index is 0.178. The lowest BCUT2D eigenvalue weighted by Gasteiger charge is -2.28. The van der Waals surface area contributed by atoms with Crippen molar-refractivity contribution in [2.75, 3.05) is 0 Å². The van der Waals surface area contributed by atoms with Gasteiger partial charge >= 0.3 is 0 Å². The fourth-order valence-corrected chi connectivity index (χ4v) is 3.49. The summed E-state index contributed by atoms with van der Waals surface area (Å²) in [4.78, 5) is 0. The highest BCUT2D eigenvalue weighted by Crippen LogP contribution is 2.37. The van der Waals surface area contributed by atoms with Crippen LogP contribution in [0.4, 0.5) is 4.39 Å². The van der Waals surface area contributed by atoms with Gasteiger partial charge in [-0.3, -0.25) is 0 Å². The summed E-state index contributed by atoms with van der Waals surface area (Å²) in [6.45, 7) is 2.31. The predicted molar refractivity (Wildman–Crippen MR) is 86.8 cm³/mol. The van der Waals surface area contributed by atoms with Gasteiger partial charge in [-0.05, 0) is 66.3 Å². The Bertz CT molecular complexity index is 560. The van der Waals surface area contributed by atoms with Gasteiger partial charge in [0.05, 0.1) is 0 Å². The lowest BCUT2D eigenvalue weighted by molar-refractivity contribution is 0.319. The van der Waals surface area contributed by atoms with E-state index in [9.17, 15) is 4.39 Å². The van der Waals surface area contributed by atoms with E-state index in [1.807, 2.05) is 12.1 Å². The van der Waals surface area contributed by atoms with Crippen LogP contribution in [0, 0.1) is 11.7 Å². The summed E-state index contributed by atoms with van der Waals surface area (Å²) in [6.07, 6.45) is 6.74. The first-order valence-corrected chi connectivity index (χ1v) is 8.12. The topological polar surface area (TPSA) is 0 Å². The highest BCUT2D eigenvalue weighted by atomic mass is 19.1. The van der Waals surface area contributed by atoms with Crippen molar-refractivity contribution in [2.24, 2.45) is 5.92 Å². The monoisotopic (exact) mass is 282 g/mol. The maximum absolute atomic E-state index is 13.0. The van der Waals surface area contributed by atoms with Gasteiger partial charge in [0.1, 0.15) is 5.82 Å². The molecule has 0 amide bonds. The summed E-state index contributed by atoms with van der Waals surface area (Å²) >= 11 is 0. The molecule has 0 aliphatic heterocycles. The molecule has 0 N–H and O–H groups in total. The van der Waals surface area contributed by atoms with Crippen LogP contribution in [0.25, 0.3) is 11.1 Å². The van der Waals surface area contributed by atoms with Crippen LogP contribution in [0.15, 0.2) is 48.5 Å². The van der Waals surface area contributed by atoms with Crippen molar-refractivity contribution in [3.05, 3.63) is 59.9 Å². The third-order valence-electron chi connectivity index (χ3n) is 4.98. The zero-order valence-corrected chi connectivity index (χ0v) is 12.7. The molecule has 0 nitrogen and oxygen atoms in total. The molecular weight excluding hydrogens is 259 g/mol. The Morgan fingerprint density at radius 3 is 1.86 bits per heavy atom. The summed E-state index contributed by atoms with van der Waals surface area (Å²) in [5.74, 6) is 1.50. The van der Waals surface area contributed by atoms with Gasteiger partial charge < -0.3 is 0 Å². The van der Waals surface area contributed by atoms with Crippen LogP contribution in [-0.2, 0) is 0 Å². The quantitative estimate of drug-likeness (QED) is 0.631. The van der Waals surface area contributed by atoms with Gasteiger partial charge in [0.2, 0.25) is 0 Å². The maximum Gasteiger partial charge on any atom is 0.123 e. The van der Waals surface area contributed by atoms with Gasteiger partial charge in [-0.25, -0.2) is 4.39 Å². The molecule has 0 bridgehead atoms. The molecule has 0 saturated heterocycles. The first-order valence-electron chi connectivity index (χ1n) is 8.12. The van der Waals surface area contributed by atoms with Crippen molar-refractivity contribution >= 4 is 0 Å². The van der Waals surface area contributed by atoms with Crippen LogP contribution in [0.2, 0.25) is 0 Å². The first-order chi connectivity index (χ1) is 10.3. The molecule has 21 heavy (non-hydrogen) atoms. The highest BCUT2D eigenvalue weighted by Gasteiger charge is 2.21. The minimum Gasteiger partial charge on any atom is -0.207 e. The molecule has 0 radical (unpaired) electrons. The van der Waals surface area contributed by atoms with Crippen molar-refractivity contribution in [3.63, 3.8) is 0 Å². The van der Waals surface area contributed by atoms with E-state index in [1.165, 1.54) is 55.4 Å². The summed E-state index contributed by atoms with van der Waals surface area (Å²) in [6, 6.07) is 15.6. The van der Waals surface area contributed by atoms with E-state index in [1.54, 1.807) is 0 Å². The zero-order valence-electron chi connectivity index (χ0n) is 12.7. The van der Waals surface area contributed by atoms with Gasteiger partial charge in [0, 0.05) is 0 Å². The van der Waals surface area contributed by atoms with E-state index < -0.39 is 0 Å². The third-order valence-corrected chi connectivity index (χ3v) is 4.98. The molecule has 2 aromatic carbocycles. The van der Waals surface area contributed by atoms with Crippen LogP contribution in [0.1, 0.15) is 50.5 Å². The average molecular weight is 282 g/mol. The second kappa shape index (κ2) is 6.43. The Morgan fingerprint density at radius 1 is 0.810 bits per heavy atom. The Morgan fingerprint density at radius 2 is 1.33 bits per heavy atom. The van der Waals surface area contributed by atoms with Crippen LogP contribution >= 0.6 is 0 Å². The fraction of sp³-hybridized carbons (Fsp3) is 0.400. The van der Waals surface area contributed by atoms with Crippen LogP contribution in [-0.4, -0.2) is 0 Å². The van der Waals surface area contributed by atoms with Gasteiger partial charge in [0.25, 0.3) is 0 Å². The van der Waals surface area contributed by atoms with E-state index in [2.05, 4.69) is 31.2 Å². The van der Waals surface area contributed by atoms with E-state index in [4.69, 9.17) is 0 Å². The lowest BCUT2D eigenvalue weighted by Crippen LogP contribution is -2.12. The van der Waals surface area contributed by atoms with Crippen LogP contribution in [0.3, 0.4) is 0 Å². The molecule has 1 heteroatoms. The Kier molecular flexibility index (Phi) is 4.38. The van der Waals surface area contributed by atoms with Crippen molar-refractivity contribution in [2.45, 2.75) is 44.9 Å². The second-order valence-electron chi connectivity index (χ2n) is 6.25. The van der Waals surface area contributed by atoms with Crippen LogP contribution < -0.4 is 0 Å². The van der Waals surface area contributed by atoms with Gasteiger partial charge in [-0.15, -0.1) is 0 Å². The predicted octanol–water partition coefficient (Wildman–Crippen LogP) is 6.18. The second-order valence-corrected chi connectivity index (χ2v) is 6.25. The first kappa shape index (κ1) is 14.3. The summed E-state index contributed by atoms with van der Waals surface area (Å²) in [5, 5.41) is 0. The van der Waals surface area contributed by atoms with Crippen molar-refractivity contribution < 1.29 is 4.39 Å². The van der Waals surface area contributed by atoms with E-state index >= 15 is 0 Å². The molecule has 2 aromatic rings. The van der Waals surface area contributed by atoms with Gasteiger partial charge in [0.15, 0.2) is 0 Å². The molecule has 1 saturated carbocycles. The number of benzene rings is 2. The highest BCUT2D eigenvalue weighted by molar-refractivity contribution is 5.63. The average Bonchev–Trinajstić information content (AvgIpc) is 2.56. The third kappa shape index (κ3) is 3.34. The summed E-state index contributed by atoms with van der Waals surface area (Å²) < 4.78 is 13.0. The molecule has 1 fully saturated rings.